The Morgan fingerprint density at radius 2 is 1.60 bits per heavy atom. The van der Waals surface area contributed by atoms with Crippen LogP contribution in [-0.2, 0) is 14.4 Å². The van der Waals surface area contributed by atoms with E-state index in [0.717, 1.165) is 20.5 Å². The van der Waals surface area contributed by atoms with Crippen LogP contribution in [-0.4, -0.2) is 74.1 Å². The van der Waals surface area contributed by atoms with Gasteiger partial charge in [0.05, 0.1) is 17.1 Å². The Labute approximate surface area is 293 Å². The fraction of sp³-hybridized carbons (Fsp3) is 0.265. The predicted molar refractivity (Wildman–Crippen MR) is 194 cm³/mol. The summed E-state index contributed by atoms with van der Waals surface area (Å²) in [7, 11) is -6.88. The standard InChI is InChI=1S/C34H34BrClN4O4S2Si/c1-34(2,3)47(28-10-6-4-7-11-28,29-12-8-5-9-13-29)44-23-27-22-39(16-17-40(27)33(41)32-37-20-25(35)21-38-32)46(42,43)31-18-24-14-15-26(36)19-30(24)45-31/h4-15,18-21,27H,16-17,22-23H2,1-3H3. The molecule has 1 aliphatic rings. The maximum Gasteiger partial charge on any atom is 0.292 e. The van der Waals surface area contributed by atoms with Gasteiger partial charge in [0.2, 0.25) is 5.82 Å². The van der Waals surface area contributed by atoms with E-state index in [0.29, 0.717) is 9.50 Å². The first-order chi connectivity index (χ1) is 22.4. The highest BCUT2D eigenvalue weighted by atomic mass is 79.9. The van der Waals surface area contributed by atoms with E-state index in [9.17, 15) is 13.2 Å². The third-order valence-electron chi connectivity index (χ3n) is 8.48. The lowest BCUT2D eigenvalue weighted by atomic mass is 10.2. The largest absolute Gasteiger partial charge is 0.405 e. The van der Waals surface area contributed by atoms with Crippen LogP contribution in [0, 0.1) is 0 Å². The number of halogens is 2. The number of aromatic nitrogens is 2. The number of sulfonamides is 1. The molecule has 2 aromatic heterocycles. The number of hydrogen-bond donors (Lipinski definition) is 0. The molecular formula is C34H34BrClN4O4S2Si. The molecule has 0 radical (unpaired) electrons. The molecule has 8 nitrogen and oxygen atoms in total. The first-order valence-electron chi connectivity index (χ1n) is 15.1. The molecule has 13 heteroatoms. The van der Waals surface area contributed by atoms with Crippen molar-refractivity contribution in [2.75, 3.05) is 26.2 Å². The van der Waals surface area contributed by atoms with Gasteiger partial charge in [-0.3, -0.25) is 4.79 Å². The number of hydrogen-bond acceptors (Lipinski definition) is 7. The second kappa shape index (κ2) is 13.5. The molecule has 1 fully saturated rings. The van der Waals surface area contributed by atoms with Gasteiger partial charge in [-0.15, -0.1) is 11.3 Å². The Bertz CT molecular complexity index is 1950. The number of amides is 1. The summed E-state index contributed by atoms with van der Waals surface area (Å²) in [5.74, 6) is -0.330. The van der Waals surface area contributed by atoms with Crippen molar-refractivity contribution in [2.24, 2.45) is 0 Å². The van der Waals surface area contributed by atoms with Crippen LogP contribution in [0.15, 0.2) is 106 Å². The van der Waals surface area contributed by atoms with Gasteiger partial charge in [-0.2, -0.15) is 4.31 Å². The normalized spacial score (nSPS) is 16.4. The first-order valence-corrected chi connectivity index (χ1v) is 20.5. The lowest BCUT2D eigenvalue weighted by molar-refractivity contribution is 0.0446. The maximum atomic E-state index is 14.1. The fourth-order valence-corrected chi connectivity index (χ4v) is 14.3. The predicted octanol–water partition coefficient (Wildman–Crippen LogP) is 6.20. The van der Waals surface area contributed by atoms with Crippen molar-refractivity contribution in [3.63, 3.8) is 0 Å². The third kappa shape index (κ3) is 6.69. The molecule has 0 saturated carbocycles. The third-order valence-corrected chi connectivity index (χ3v) is 17.5. The molecule has 1 saturated heterocycles. The molecule has 0 N–H and O–H groups in total. The Morgan fingerprint density at radius 3 is 2.19 bits per heavy atom. The average molecular weight is 770 g/mol. The van der Waals surface area contributed by atoms with Gasteiger partial charge in [-0.1, -0.05) is 99.1 Å². The Morgan fingerprint density at radius 1 is 0.979 bits per heavy atom. The van der Waals surface area contributed by atoms with Crippen molar-refractivity contribution in [3.8, 4) is 0 Å². The summed E-state index contributed by atoms with van der Waals surface area (Å²) in [5.41, 5.74) is 0. The number of fused-ring (bicyclic) bond motifs is 1. The van der Waals surface area contributed by atoms with Crippen molar-refractivity contribution < 1.29 is 17.6 Å². The molecule has 0 aliphatic carbocycles. The molecule has 1 atom stereocenters. The quantitative estimate of drug-likeness (QED) is 0.175. The van der Waals surface area contributed by atoms with E-state index in [1.54, 1.807) is 23.1 Å². The number of benzene rings is 3. The molecule has 1 aliphatic heterocycles. The Kier molecular flexibility index (Phi) is 9.74. The van der Waals surface area contributed by atoms with E-state index in [-0.39, 0.29) is 47.2 Å². The van der Waals surface area contributed by atoms with Crippen molar-refractivity contribution in [2.45, 2.75) is 36.1 Å². The summed E-state index contributed by atoms with van der Waals surface area (Å²) < 4.78 is 38.6. The molecule has 3 aromatic carbocycles. The summed E-state index contributed by atoms with van der Waals surface area (Å²) in [6.07, 6.45) is 3.06. The number of rotatable bonds is 8. The van der Waals surface area contributed by atoms with Crippen LogP contribution in [0.25, 0.3) is 10.1 Å². The SMILES string of the molecule is CC(C)(C)[Si](OCC1CN(S(=O)(=O)c2cc3ccc(Cl)cc3s2)CCN1C(=O)c1ncc(Br)cn1)(c1ccccc1)c1ccccc1. The zero-order valence-corrected chi connectivity index (χ0v) is 31.1. The Hall–Kier alpha value is -2.97. The lowest BCUT2D eigenvalue weighted by Crippen LogP contribution is -2.68. The molecule has 1 unspecified atom stereocenters. The van der Waals surface area contributed by atoms with Crippen LogP contribution in [0.5, 0.6) is 0 Å². The summed E-state index contributed by atoms with van der Waals surface area (Å²) in [6.45, 7) is 7.00. The van der Waals surface area contributed by atoms with E-state index in [1.165, 1.54) is 28.0 Å². The van der Waals surface area contributed by atoms with Gasteiger partial charge in [0.1, 0.15) is 4.21 Å². The number of carbonyl (C=O) groups excluding carboxylic acids is 1. The number of nitrogens with zero attached hydrogens (tertiary/aromatic N) is 4. The topological polar surface area (TPSA) is 92.7 Å². The minimum atomic E-state index is -3.89. The van der Waals surface area contributed by atoms with Crippen LogP contribution < -0.4 is 10.4 Å². The maximum absolute atomic E-state index is 14.1. The van der Waals surface area contributed by atoms with Gasteiger partial charge < -0.3 is 9.33 Å². The van der Waals surface area contributed by atoms with E-state index in [2.05, 4.69) is 70.9 Å². The van der Waals surface area contributed by atoms with Crippen LogP contribution >= 0.6 is 38.9 Å². The fourth-order valence-electron chi connectivity index (χ4n) is 6.22. The number of piperazine rings is 1. The van der Waals surface area contributed by atoms with E-state index < -0.39 is 24.4 Å². The number of thiophene rings is 1. The summed E-state index contributed by atoms with van der Waals surface area (Å²) >= 11 is 10.7. The van der Waals surface area contributed by atoms with E-state index >= 15 is 0 Å². The van der Waals surface area contributed by atoms with Crippen LogP contribution in [0.1, 0.15) is 31.4 Å². The van der Waals surface area contributed by atoms with E-state index in [4.69, 9.17) is 16.0 Å². The monoisotopic (exact) mass is 768 g/mol. The van der Waals surface area contributed by atoms with Crippen LogP contribution in [0.2, 0.25) is 10.1 Å². The van der Waals surface area contributed by atoms with Gasteiger partial charge in [-0.25, -0.2) is 18.4 Å². The zero-order valence-electron chi connectivity index (χ0n) is 26.1. The first kappa shape index (κ1) is 33.9. The summed E-state index contributed by atoms with van der Waals surface area (Å²) in [5, 5.41) is 3.24. The zero-order chi connectivity index (χ0) is 33.4. The molecule has 0 spiro atoms. The molecule has 0 bridgehead atoms. The van der Waals surface area contributed by atoms with Gasteiger partial charge in [0.25, 0.3) is 24.2 Å². The molecule has 3 heterocycles. The minimum Gasteiger partial charge on any atom is -0.405 e. The van der Waals surface area contributed by atoms with Gasteiger partial charge in [-0.05, 0) is 54.9 Å². The van der Waals surface area contributed by atoms with E-state index in [1.807, 2.05) is 42.5 Å². The second-order valence-electron chi connectivity index (χ2n) is 12.5. The van der Waals surface area contributed by atoms with Crippen LogP contribution in [0.4, 0.5) is 0 Å². The van der Waals surface area contributed by atoms with Crippen molar-refractivity contribution in [1.29, 1.82) is 0 Å². The number of carbonyl (C=O) groups is 1. The molecular weight excluding hydrogens is 736 g/mol. The van der Waals surface area contributed by atoms with Gasteiger partial charge in [0.15, 0.2) is 0 Å². The summed E-state index contributed by atoms with van der Waals surface area (Å²) in [6, 6.07) is 26.9. The van der Waals surface area contributed by atoms with Crippen molar-refractivity contribution in [1.82, 2.24) is 19.2 Å². The average Bonchev–Trinajstić information content (AvgIpc) is 3.50. The van der Waals surface area contributed by atoms with Crippen molar-refractivity contribution in [3.05, 3.63) is 113 Å². The molecule has 6 rings (SSSR count). The van der Waals surface area contributed by atoms with Gasteiger partial charge in [0, 0.05) is 41.8 Å². The van der Waals surface area contributed by atoms with Gasteiger partial charge >= 0.3 is 0 Å². The van der Waals surface area contributed by atoms with Crippen LogP contribution in [0.3, 0.4) is 0 Å². The highest BCUT2D eigenvalue weighted by molar-refractivity contribution is 9.10. The second-order valence-corrected chi connectivity index (χ2v) is 21.4. The molecule has 47 heavy (non-hydrogen) atoms. The highest BCUT2D eigenvalue weighted by Crippen LogP contribution is 2.38. The van der Waals surface area contributed by atoms with Crippen molar-refractivity contribution >= 4 is 83.6 Å². The molecule has 1 amide bonds. The molecule has 244 valence electrons. The Balaban J connectivity index is 1.39. The molecule has 5 aromatic rings. The highest BCUT2D eigenvalue weighted by Gasteiger charge is 2.51. The minimum absolute atomic E-state index is 0.0429. The summed E-state index contributed by atoms with van der Waals surface area (Å²) in [4.78, 5) is 24.1. The smallest absolute Gasteiger partial charge is 0.292 e. The lowest BCUT2D eigenvalue weighted by Gasteiger charge is -2.46.